The third-order valence-corrected chi connectivity index (χ3v) is 1.91. The van der Waals surface area contributed by atoms with Crippen LogP contribution in [0, 0.1) is 17.2 Å². The Balaban J connectivity index is 4.02. The quantitative estimate of drug-likeness (QED) is 0.473. The van der Waals surface area contributed by atoms with Gasteiger partial charge in [-0.05, 0) is 18.9 Å². The normalized spacial score (nSPS) is 15.1. The molecule has 0 aliphatic carbocycles. The zero-order chi connectivity index (χ0) is 10.1. The first-order chi connectivity index (χ1) is 6.24. The Morgan fingerprint density at radius 2 is 2.15 bits per heavy atom. The summed E-state index contributed by atoms with van der Waals surface area (Å²) in [7, 11) is 0. The number of allylic oxidation sites excluding steroid dienone is 6. The zero-order valence-corrected chi connectivity index (χ0v) is 8.62. The van der Waals surface area contributed by atoms with E-state index in [0.29, 0.717) is 11.5 Å². The van der Waals surface area contributed by atoms with Crippen LogP contribution >= 0.6 is 0 Å². The van der Waals surface area contributed by atoms with Gasteiger partial charge in [0.15, 0.2) is 0 Å². The molecular weight excluding hydrogens is 158 g/mol. The van der Waals surface area contributed by atoms with Gasteiger partial charge in [0.1, 0.15) is 0 Å². The fourth-order valence-electron chi connectivity index (χ4n) is 0.747. The lowest BCUT2D eigenvalue weighted by Gasteiger charge is -1.96. The topological polar surface area (TPSA) is 23.8 Å². The fraction of sp³-hybridized carbons (Fsp3) is 0.417. The predicted molar refractivity (Wildman–Crippen MR) is 57.1 cm³/mol. The van der Waals surface area contributed by atoms with Crippen LogP contribution < -0.4 is 0 Å². The lowest BCUT2D eigenvalue weighted by molar-refractivity contribution is 0.698. The fourth-order valence-corrected chi connectivity index (χ4v) is 0.747. The van der Waals surface area contributed by atoms with Crippen molar-refractivity contribution in [2.75, 3.05) is 0 Å². The average molecular weight is 175 g/mol. The molecule has 0 spiro atoms. The minimum absolute atomic E-state index is 0.612. The van der Waals surface area contributed by atoms with E-state index in [1.54, 1.807) is 6.08 Å². The predicted octanol–water partition coefficient (Wildman–Crippen LogP) is 3.61. The first-order valence-electron chi connectivity index (χ1n) is 4.65. The van der Waals surface area contributed by atoms with Gasteiger partial charge in [0.2, 0.25) is 0 Å². The van der Waals surface area contributed by atoms with Crippen LogP contribution in [0.25, 0.3) is 0 Å². The highest BCUT2D eigenvalue weighted by atomic mass is 14.2. The second-order valence-corrected chi connectivity index (χ2v) is 2.99. The van der Waals surface area contributed by atoms with Crippen LogP contribution in [0.15, 0.2) is 36.0 Å². The Morgan fingerprint density at radius 3 is 2.62 bits per heavy atom. The molecule has 0 saturated carbocycles. The third-order valence-electron chi connectivity index (χ3n) is 1.91. The molecule has 0 bridgehead atoms. The largest absolute Gasteiger partial charge is 0.192 e. The molecule has 13 heavy (non-hydrogen) atoms. The molecule has 0 N–H and O–H groups in total. The number of nitriles is 1. The maximum atomic E-state index is 8.59. The molecule has 70 valence electrons. The summed E-state index contributed by atoms with van der Waals surface area (Å²) in [4.78, 5) is 0. The molecule has 0 heterocycles. The van der Waals surface area contributed by atoms with Crippen molar-refractivity contribution in [2.24, 2.45) is 5.92 Å². The summed E-state index contributed by atoms with van der Waals surface area (Å²) in [5.41, 5.74) is 0.703. The Morgan fingerprint density at radius 1 is 1.46 bits per heavy atom. The van der Waals surface area contributed by atoms with Crippen molar-refractivity contribution >= 4 is 0 Å². The molecule has 0 radical (unpaired) electrons. The van der Waals surface area contributed by atoms with Gasteiger partial charge in [-0.25, -0.2) is 0 Å². The minimum atomic E-state index is 0.612. The van der Waals surface area contributed by atoms with Gasteiger partial charge in [0.25, 0.3) is 0 Å². The Hall–Kier alpha value is -1.29. The van der Waals surface area contributed by atoms with E-state index in [2.05, 4.69) is 26.0 Å². The van der Waals surface area contributed by atoms with E-state index in [1.807, 2.05) is 25.2 Å². The van der Waals surface area contributed by atoms with Gasteiger partial charge >= 0.3 is 0 Å². The molecular formula is C12H17N. The summed E-state index contributed by atoms with van der Waals surface area (Å²) < 4.78 is 0. The highest BCUT2D eigenvalue weighted by Gasteiger charge is 1.88. The van der Waals surface area contributed by atoms with Crippen molar-refractivity contribution in [3.63, 3.8) is 0 Å². The summed E-state index contributed by atoms with van der Waals surface area (Å²) in [5.74, 6) is 0.612. The van der Waals surface area contributed by atoms with Gasteiger partial charge in [-0.2, -0.15) is 5.26 Å². The van der Waals surface area contributed by atoms with E-state index < -0.39 is 0 Å². The van der Waals surface area contributed by atoms with Crippen molar-refractivity contribution in [1.29, 1.82) is 5.26 Å². The smallest absolute Gasteiger partial charge is 0.0988 e. The summed E-state index contributed by atoms with van der Waals surface area (Å²) in [6.45, 7) is 6.19. The van der Waals surface area contributed by atoms with Crippen molar-refractivity contribution in [2.45, 2.75) is 27.2 Å². The van der Waals surface area contributed by atoms with Crippen LogP contribution in [0.3, 0.4) is 0 Å². The third kappa shape index (κ3) is 5.93. The van der Waals surface area contributed by atoms with Crippen LogP contribution in [0.5, 0.6) is 0 Å². The van der Waals surface area contributed by atoms with Crippen molar-refractivity contribution in [1.82, 2.24) is 0 Å². The van der Waals surface area contributed by atoms with Crippen LogP contribution in [-0.2, 0) is 0 Å². The first-order valence-corrected chi connectivity index (χ1v) is 4.65. The molecule has 1 atom stereocenters. The molecule has 1 nitrogen and oxygen atoms in total. The maximum Gasteiger partial charge on any atom is 0.0988 e. The second kappa shape index (κ2) is 7.36. The molecule has 0 aromatic carbocycles. The molecule has 1 heteroatoms. The van der Waals surface area contributed by atoms with Gasteiger partial charge < -0.3 is 0 Å². The Bertz CT molecular complexity index is 251. The summed E-state index contributed by atoms with van der Waals surface area (Å²) >= 11 is 0. The molecule has 1 unspecified atom stereocenters. The molecule has 0 fully saturated rings. The van der Waals surface area contributed by atoms with Crippen LogP contribution in [0.2, 0.25) is 0 Å². The highest BCUT2D eigenvalue weighted by Crippen LogP contribution is 2.02. The summed E-state index contributed by atoms with van der Waals surface area (Å²) in [6, 6.07) is 2.09. The second-order valence-electron chi connectivity index (χ2n) is 2.99. The van der Waals surface area contributed by atoms with Crippen molar-refractivity contribution < 1.29 is 0 Å². The van der Waals surface area contributed by atoms with E-state index >= 15 is 0 Å². The lowest BCUT2D eigenvalue weighted by Crippen LogP contribution is -1.82. The molecule has 0 aliphatic heterocycles. The van der Waals surface area contributed by atoms with Gasteiger partial charge in [0.05, 0.1) is 6.07 Å². The van der Waals surface area contributed by atoms with E-state index in [1.165, 1.54) is 0 Å². The van der Waals surface area contributed by atoms with Gasteiger partial charge in [-0.15, -0.1) is 0 Å². The highest BCUT2D eigenvalue weighted by molar-refractivity contribution is 5.33. The average Bonchev–Trinajstić information content (AvgIpc) is 2.18. The van der Waals surface area contributed by atoms with Gasteiger partial charge in [0, 0.05) is 5.57 Å². The number of nitrogens with zero attached hydrogens (tertiary/aromatic N) is 1. The molecule has 0 rings (SSSR count). The Labute approximate surface area is 81.1 Å². The number of hydrogen-bond acceptors (Lipinski definition) is 1. The molecule has 0 aliphatic rings. The minimum Gasteiger partial charge on any atom is -0.192 e. The van der Waals surface area contributed by atoms with Gasteiger partial charge in [-0.1, -0.05) is 44.6 Å². The van der Waals surface area contributed by atoms with Crippen molar-refractivity contribution in [3.05, 3.63) is 36.0 Å². The maximum absolute atomic E-state index is 8.59. The first kappa shape index (κ1) is 11.7. The van der Waals surface area contributed by atoms with E-state index in [4.69, 9.17) is 5.26 Å². The van der Waals surface area contributed by atoms with E-state index in [0.717, 1.165) is 6.42 Å². The van der Waals surface area contributed by atoms with Crippen molar-refractivity contribution in [3.8, 4) is 6.07 Å². The molecule has 0 saturated heterocycles. The lowest BCUT2D eigenvalue weighted by atomic mass is 10.1. The van der Waals surface area contributed by atoms with Crippen LogP contribution in [0.1, 0.15) is 27.2 Å². The molecule has 0 amide bonds. The monoisotopic (exact) mass is 175 g/mol. The van der Waals surface area contributed by atoms with Crippen LogP contribution in [0.4, 0.5) is 0 Å². The van der Waals surface area contributed by atoms with Crippen LogP contribution in [-0.4, -0.2) is 0 Å². The molecule has 0 aromatic rings. The van der Waals surface area contributed by atoms with Gasteiger partial charge in [-0.3, -0.25) is 0 Å². The SMILES string of the molecule is C\C=C(C#N)/C=C\C=C/C(C)CC. The Kier molecular flexibility index (Phi) is 6.63. The van der Waals surface area contributed by atoms with E-state index in [9.17, 15) is 0 Å². The standard InChI is InChI=1S/C12H17N/c1-4-11(3)8-6-7-9-12(5-2)10-13/h5-9,11H,4H2,1-3H3/b8-6-,9-7-,12-5+. The number of hydrogen-bond donors (Lipinski definition) is 0. The summed E-state index contributed by atoms with van der Waals surface area (Å²) in [6.07, 6.45) is 10.8. The number of rotatable bonds is 4. The zero-order valence-electron chi connectivity index (χ0n) is 8.62. The van der Waals surface area contributed by atoms with E-state index in [-0.39, 0.29) is 0 Å². The summed E-state index contributed by atoms with van der Waals surface area (Å²) in [5, 5.41) is 8.59. The molecule has 0 aromatic heterocycles.